The first-order valence-electron chi connectivity index (χ1n) is 3.56. The molecule has 0 unspecified atom stereocenters. The van der Waals surface area contributed by atoms with Crippen LogP contribution in [0.2, 0.25) is 0 Å². The fraction of sp³-hybridized carbons (Fsp3) is 0.375. The van der Waals surface area contributed by atoms with E-state index in [1.165, 1.54) is 0 Å². The van der Waals surface area contributed by atoms with E-state index in [-0.39, 0.29) is 0 Å². The maximum absolute atomic E-state index is 4.17. The van der Waals surface area contributed by atoms with E-state index in [1.54, 1.807) is 6.20 Å². The molecule has 1 aromatic rings. The molecule has 0 amide bonds. The van der Waals surface area contributed by atoms with Crippen molar-refractivity contribution in [3.8, 4) is 0 Å². The molecule has 1 rings (SSSR count). The van der Waals surface area contributed by atoms with Gasteiger partial charge in [-0.3, -0.25) is 0 Å². The first-order valence-corrected chi connectivity index (χ1v) is 3.56. The fourth-order valence-corrected chi connectivity index (χ4v) is 0.815. The smallest absolute Gasteiger partial charge is 0.143 e. The van der Waals surface area contributed by atoms with E-state index in [9.17, 15) is 0 Å². The van der Waals surface area contributed by atoms with Gasteiger partial charge in [-0.1, -0.05) is 6.07 Å². The molecule has 1 N–H and O–H groups in total. The summed E-state index contributed by atoms with van der Waals surface area (Å²) < 4.78 is 0. The van der Waals surface area contributed by atoms with Crippen LogP contribution in [0, 0.1) is 6.92 Å². The highest BCUT2D eigenvalue weighted by Gasteiger charge is 1.96. The molecule has 0 saturated carbocycles. The number of pyridine rings is 1. The van der Waals surface area contributed by atoms with Gasteiger partial charge in [0.25, 0.3) is 0 Å². The maximum Gasteiger partial charge on any atom is 0.143 e. The Hall–Kier alpha value is -1.09. The van der Waals surface area contributed by atoms with E-state index in [0.717, 1.165) is 11.4 Å². The lowest BCUT2D eigenvalue weighted by atomic mass is 10.3. The van der Waals surface area contributed by atoms with Gasteiger partial charge in [0.15, 0.2) is 0 Å². The predicted octanol–water partition coefficient (Wildman–Crippen LogP) is 1.28. The Bertz CT molecular complexity index is 233. The van der Waals surface area contributed by atoms with Gasteiger partial charge in [0, 0.05) is 20.3 Å². The number of hydrogen-bond acceptors (Lipinski definition) is 3. The number of rotatable bonds is 2. The summed E-state index contributed by atoms with van der Waals surface area (Å²) >= 11 is 0. The van der Waals surface area contributed by atoms with Gasteiger partial charge in [-0.05, 0) is 18.6 Å². The fourth-order valence-electron chi connectivity index (χ4n) is 0.815. The summed E-state index contributed by atoms with van der Waals surface area (Å²) in [7, 11) is 3.88. The van der Waals surface area contributed by atoms with Gasteiger partial charge in [0.1, 0.15) is 5.82 Å². The standard InChI is InChI=1S/C8H13N3/c1-7-5-4-6-9-8(7)10-11(2)3/h4-6H,1-3H3,(H,9,10). The van der Waals surface area contributed by atoms with Gasteiger partial charge in [0.05, 0.1) is 0 Å². The molecule has 60 valence electrons. The number of anilines is 1. The molecule has 3 heteroatoms. The van der Waals surface area contributed by atoms with E-state index >= 15 is 0 Å². The third kappa shape index (κ3) is 2.20. The van der Waals surface area contributed by atoms with Crippen LogP contribution in [0.1, 0.15) is 5.56 Å². The predicted molar refractivity (Wildman–Crippen MR) is 46.3 cm³/mol. The van der Waals surface area contributed by atoms with Gasteiger partial charge in [-0.2, -0.15) is 0 Å². The molecule has 0 aromatic carbocycles. The lowest BCUT2D eigenvalue weighted by Crippen LogP contribution is -2.20. The minimum Gasteiger partial charge on any atom is -0.303 e. The summed E-state index contributed by atoms with van der Waals surface area (Å²) in [4.78, 5) is 4.17. The van der Waals surface area contributed by atoms with Crippen LogP contribution in [0.15, 0.2) is 18.3 Å². The van der Waals surface area contributed by atoms with E-state index in [0.29, 0.717) is 0 Å². The van der Waals surface area contributed by atoms with Gasteiger partial charge >= 0.3 is 0 Å². The molecule has 0 bridgehead atoms. The lowest BCUT2D eigenvalue weighted by molar-refractivity contribution is 0.491. The zero-order valence-corrected chi connectivity index (χ0v) is 7.13. The molecule has 0 aliphatic rings. The van der Waals surface area contributed by atoms with E-state index in [4.69, 9.17) is 0 Å². The van der Waals surface area contributed by atoms with Gasteiger partial charge in [-0.25, -0.2) is 9.99 Å². The molecule has 1 heterocycles. The minimum absolute atomic E-state index is 0.914. The Morgan fingerprint density at radius 2 is 2.18 bits per heavy atom. The number of nitrogens with one attached hydrogen (secondary N) is 1. The topological polar surface area (TPSA) is 28.2 Å². The van der Waals surface area contributed by atoms with Crippen molar-refractivity contribution < 1.29 is 0 Å². The van der Waals surface area contributed by atoms with Crippen molar-refractivity contribution in [3.05, 3.63) is 23.9 Å². The van der Waals surface area contributed by atoms with Crippen LogP contribution in [-0.4, -0.2) is 24.1 Å². The largest absolute Gasteiger partial charge is 0.303 e. The van der Waals surface area contributed by atoms with Gasteiger partial charge in [-0.15, -0.1) is 0 Å². The van der Waals surface area contributed by atoms with Crippen LogP contribution in [0.4, 0.5) is 5.82 Å². The summed E-state index contributed by atoms with van der Waals surface area (Å²) in [6, 6.07) is 3.95. The molecule has 3 nitrogen and oxygen atoms in total. The van der Waals surface area contributed by atoms with Crippen LogP contribution >= 0.6 is 0 Å². The summed E-state index contributed by atoms with van der Waals surface area (Å²) in [6.07, 6.45) is 1.78. The second-order valence-electron chi connectivity index (χ2n) is 2.68. The van der Waals surface area contributed by atoms with Crippen molar-refractivity contribution >= 4 is 5.82 Å². The van der Waals surface area contributed by atoms with Crippen molar-refractivity contribution in [1.82, 2.24) is 9.99 Å². The summed E-state index contributed by atoms with van der Waals surface area (Å²) in [5.74, 6) is 0.914. The molecule has 1 aromatic heterocycles. The first-order chi connectivity index (χ1) is 5.20. The number of aryl methyl sites for hydroxylation is 1. The lowest BCUT2D eigenvalue weighted by Gasteiger charge is -2.13. The van der Waals surface area contributed by atoms with Crippen molar-refractivity contribution in [2.24, 2.45) is 0 Å². The van der Waals surface area contributed by atoms with Crippen LogP contribution < -0.4 is 5.43 Å². The average Bonchev–Trinajstić information content (AvgIpc) is 1.93. The number of hydrogen-bond donors (Lipinski definition) is 1. The number of aromatic nitrogens is 1. The third-order valence-corrected chi connectivity index (χ3v) is 1.34. The summed E-state index contributed by atoms with van der Waals surface area (Å²) in [5, 5.41) is 1.87. The Labute approximate surface area is 67.0 Å². The van der Waals surface area contributed by atoms with Gasteiger partial charge in [0.2, 0.25) is 0 Å². The Balaban J connectivity index is 2.78. The summed E-state index contributed by atoms with van der Waals surface area (Å²) in [5.41, 5.74) is 4.25. The first kappa shape index (κ1) is 8.01. The Kier molecular flexibility index (Phi) is 2.44. The van der Waals surface area contributed by atoms with E-state index in [2.05, 4.69) is 10.4 Å². The highest BCUT2D eigenvalue weighted by molar-refractivity contribution is 5.41. The zero-order chi connectivity index (χ0) is 8.27. The quantitative estimate of drug-likeness (QED) is 0.645. The molecule has 0 aliphatic heterocycles. The highest BCUT2D eigenvalue weighted by atomic mass is 15.5. The number of nitrogens with zero attached hydrogens (tertiary/aromatic N) is 2. The van der Waals surface area contributed by atoms with E-state index in [1.807, 2.05) is 38.2 Å². The average molecular weight is 151 g/mol. The molecule has 0 atom stereocenters. The zero-order valence-electron chi connectivity index (χ0n) is 7.13. The molecule has 0 fully saturated rings. The van der Waals surface area contributed by atoms with Gasteiger partial charge < -0.3 is 5.43 Å². The molecule has 0 spiro atoms. The SMILES string of the molecule is Cc1cccnc1NN(C)C. The Morgan fingerprint density at radius 3 is 2.73 bits per heavy atom. The van der Waals surface area contributed by atoms with E-state index < -0.39 is 0 Å². The third-order valence-electron chi connectivity index (χ3n) is 1.34. The molecular weight excluding hydrogens is 138 g/mol. The normalized spacial score (nSPS) is 10.2. The second-order valence-corrected chi connectivity index (χ2v) is 2.68. The monoisotopic (exact) mass is 151 g/mol. The van der Waals surface area contributed by atoms with Crippen molar-refractivity contribution in [1.29, 1.82) is 0 Å². The van der Waals surface area contributed by atoms with Crippen molar-refractivity contribution in [2.45, 2.75) is 6.92 Å². The minimum atomic E-state index is 0.914. The van der Waals surface area contributed by atoms with Crippen molar-refractivity contribution in [2.75, 3.05) is 19.5 Å². The summed E-state index contributed by atoms with van der Waals surface area (Å²) in [6.45, 7) is 2.03. The molecule has 0 radical (unpaired) electrons. The van der Waals surface area contributed by atoms with Crippen LogP contribution in [0.5, 0.6) is 0 Å². The molecule has 0 aliphatic carbocycles. The maximum atomic E-state index is 4.17. The highest BCUT2D eigenvalue weighted by Crippen LogP contribution is 2.08. The van der Waals surface area contributed by atoms with Crippen LogP contribution in [0.3, 0.4) is 0 Å². The van der Waals surface area contributed by atoms with Crippen molar-refractivity contribution in [3.63, 3.8) is 0 Å². The number of hydrazine groups is 1. The molecular formula is C8H13N3. The Morgan fingerprint density at radius 1 is 1.45 bits per heavy atom. The van der Waals surface area contributed by atoms with Crippen LogP contribution in [-0.2, 0) is 0 Å². The van der Waals surface area contributed by atoms with Crippen LogP contribution in [0.25, 0.3) is 0 Å². The molecule has 0 saturated heterocycles. The molecule has 11 heavy (non-hydrogen) atoms. The second kappa shape index (κ2) is 3.34.